The number of nitrogens with two attached hydrogens (primary N) is 1. The third kappa shape index (κ3) is 2.88. The summed E-state index contributed by atoms with van der Waals surface area (Å²) in [6.07, 6.45) is 4.01. The van der Waals surface area contributed by atoms with Crippen LogP contribution < -0.4 is 5.73 Å². The quantitative estimate of drug-likeness (QED) is 0.862. The maximum Gasteiger partial charge on any atom is 0.0174 e. The minimum atomic E-state index is 0.354. The average Bonchev–Trinajstić information content (AvgIpc) is 3.13. The zero-order valence-corrected chi connectivity index (χ0v) is 10.4. The lowest BCUT2D eigenvalue weighted by Crippen LogP contribution is -2.46. The van der Waals surface area contributed by atoms with Crippen LogP contribution >= 0.6 is 0 Å². The van der Waals surface area contributed by atoms with Gasteiger partial charge in [0, 0.05) is 25.7 Å². The van der Waals surface area contributed by atoms with Gasteiger partial charge < -0.3 is 10.6 Å². The summed E-state index contributed by atoms with van der Waals surface area (Å²) in [7, 11) is 0. The first-order valence-corrected chi connectivity index (χ1v) is 6.84. The number of nitrogens with zero attached hydrogens (tertiary/aromatic N) is 1. The van der Waals surface area contributed by atoms with Crippen molar-refractivity contribution in [2.75, 3.05) is 19.6 Å². The molecule has 2 nitrogen and oxygen atoms in total. The van der Waals surface area contributed by atoms with Gasteiger partial charge in [0.05, 0.1) is 0 Å². The number of rotatable bonds is 3. The molecule has 2 fully saturated rings. The van der Waals surface area contributed by atoms with Gasteiger partial charge >= 0.3 is 0 Å². The molecular formula is C15H22N2. The van der Waals surface area contributed by atoms with Crippen LogP contribution in [0.3, 0.4) is 0 Å². The summed E-state index contributed by atoms with van der Waals surface area (Å²) in [5.74, 6) is 1.61. The summed E-state index contributed by atoms with van der Waals surface area (Å²) in [5, 5.41) is 0. The molecule has 1 aromatic rings. The summed E-state index contributed by atoms with van der Waals surface area (Å²) in [4.78, 5) is 2.59. The van der Waals surface area contributed by atoms with Crippen LogP contribution in [0.2, 0.25) is 0 Å². The predicted octanol–water partition coefficient (Wildman–Crippen LogP) is 2.21. The SMILES string of the molecule is NC1CC(c2ccccc2)CN(CC2CC2)C1. The molecule has 1 heterocycles. The highest BCUT2D eigenvalue weighted by atomic mass is 15.2. The molecular weight excluding hydrogens is 208 g/mol. The summed E-state index contributed by atoms with van der Waals surface area (Å²) >= 11 is 0. The van der Waals surface area contributed by atoms with E-state index in [9.17, 15) is 0 Å². The molecule has 0 radical (unpaired) electrons. The van der Waals surface area contributed by atoms with E-state index in [0.717, 1.165) is 18.9 Å². The van der Waals surface area contributed by atoms with Crippen LogP contribution in [-0.2, 0) is 0 Å². The summed E-state index contributed by atoms with van der Waals surface area (Å²) < 4.78 is 0. The lowest BCUT2D eigenvalue weighted by atomic mass is 9.88. The Kier molecular flexibility index (Phi) is 3.17. The van der Waals surface area contributed by atoms with Gasteiger partial charge in [0.25, 0.3) is 0 Å². The van der Waals surface area contributed by atoms with E-state index < -0.39 is 0 Å². The predicted molar refractivity (Wildman–Crippen MR) is 70.9 cm³/mol. The van der Waals surface area contributed by atoms with Crippen molar-refractivity contribution in [3.8, 4) is 0 Å². The molecule has 2 N–H and O–H groups in total. The maximum atomic E-state index is 6.21. The van der Waals surface area contributed by atoms with Gasteiger partial charge in [0.1, 0.15) is 0 Å². The maximum absolute atomic E-state index is 6.21. The lowest BCUT2D eigenvalue weighted by molar-refractivity contribution is 0.182. The van der Waals surface area contributed by atoms with E-state index in [0.29, 0.717) is 12.0 Å². The Labute approximate surface area is 104 Å². The average molecular weight is 230 g/mol. The van der Waals surface area contributed by atoms with Crippen LogP contribution in [0.4, 0.5) is 0 Å². The van der Waals surface area contributed by atoms with Gasteiger partial charge in [-0.3, -0.25) is 0 Å². The van der Waals surface area contributed by atoms with Crippen molar-refractivity contribution in [1.82, 2.24) is 4.90 Å². The normalized spacial score (nSPS) is 30.4. The number of hydrogen-bond donors (Lipinski definition) is 1. The smallest absolute Gasteiger partial charge is 0.0174 e. The molecule has 1 aliphatic heterocycles. The monoisotopic (exact) mass is 230 g/mol. The molecule has 0 aromatic heterocycles. The van der Waals surface area contributed by atoms with Gasteiger partial charge in [-0.15, -0.1) is 0 Å². The Morgan fingerprint density at radius 2 is 1.88 bits per heavy atom. The highest BCUT2D eigenvalue weighted by molar-refractivity contribution is 5.21. The second-order valence-electron chi connectivity index (χ2n) is 5.77. The molecule has 1 saturated heterocycles. The van der Waals surface area contributed by atoms with E-state index in [-0.39, 0.29) is 0 Å². The lowest BCUT2D eigenvalue weighted by Gasteiger charge is -2.36. The molecule has 1 saturated carbocycles. The van der Waals surface area contributed by atoms with E-state index >= 15 is 0 Å². The fourth-order valence-corrected chi connectivity index (χ4v) is 3.01. The van der Waals surface area contributed by atoms with Gasteiger partial charge in [-0.25, -0.2) is 0 Å². The molecule has 3 rings (SSSR count). The Morgan fingerprint density at radius 1 is 1.12 bits per heavy atom. The second-order valence-corrected chi connectivity index (χ2v) is 5.77. The van der Waals surface area contributed by atoms with Crippen LogP contribution in [0.25, 0.3) is 0 Å². The van der Waals surface area contributed by atoms with E-state index in [1.807, 2.05) is 0 Å². The van der Waals surface area contributed by atoms with Crippen LogP contribution in [0.15, 0.2) is 30.3 Å². The van der Waals surface area contributed by atoms with Crippen molar-refractivity contribution in [2.45, 2.75) is 31.2 Å². The Balaban J connectivity index is 1.67. The van der Waals surface area contributed by atoms with E-state index in [2.05, 4.69) is 35.2 Å². The Hall–Kier alpha value is -0.860. The molecule has 2 heteroatoms. The van der Waals surface area contributed by atoms with Gasteiger partial charge in [0.2, 0.25) is 0 Å². The van der Waals surface area contributed by atoms with Crippen molar-refractivity contribution in [2.24, 2.45) is 11.7 Å². The van der Waals surface area contributed by atoms with Crippen molar-refractivity contribution >= 4 is 0 Å². The highest BCUT2D eigenvalue weighted by Crippen LogP contribution is 2.33. The number of hydrogen-bond acceptors (Lipinski definition) is 2. The van der Waals surface area contributed by atoms with Crippen LogP contribution in [0, 0.1) is 5.92 Å². The van der Waals surface area contributed by atoms with Gasteiger partial charge in [0.15, 0.2) is 0 Å². The standard InChI is InChI=1S/C15H22N2/c16-15-8-14(13-4-2-1-3-5-13)10-17(11-15)9-12-6-7-12/h1-5,12,14-15H,6-11,16H2. The molecule has 0 bridgehead atoms. The molecule has 2 unspecified atom stereocenters. The third-order valence-corrected chi connectivity index (χ3v) is 4.04. The van der Waals surface area contributed by atoms with Crippen LogP contribution in [0.1, 0.15) is 30.7 Å². The highest BCUT2D eigenvalue weighted by Gasteiger charge is 2.30. The molecule has 92 valence electrons. The molecule has 0 spiro atoms. The molecule has 0 amide bonds. The first kappa shape index (κ1) is 11.2. The first-order chi connectivity index (χ1) is 8.31. The van der Waals surface area contributed by atoms with Crippen molar-refractivity contribution in [3.63, 3.8) is 0 Å². The van der Waals surface area contributed by atoms with Gasteiger partial charge in [-0.05, 0) is 36.7 Å². The second kappa shape index (κ2) is 4.79. The molecule has 17 heavy (non-hydrogen) atoms. The van der Waals surface area contributed by atoms with Crippen LogP contribution in [-0.4, -0.2) is 30.6 Å². The largest absolute Gasteiger partial charge is 0.327 e. The fourth-order valence-electron chi connectivity index (χ4n) is 3.01. The van der Waals surface area contributed by atoms with Crippen molar-refractivity contribution in [3.05, 3.63) is 35.9 Å². The number of piperidine rings is 1. The van der Waals surface area contributed by atoms with E-state index in [1.54, 1.807) is 0 Å². The zero-order valence-electron chi connectivity index (χ0n) is 10.4. The molecule has 2 atom stereocenters. The Bertz CT molecular complexity index is 356. The minimum absolute atomic E-state index is 0.354. The Morgan fingerprint density at radius 3 is 2.59 bits per heavy atom. The zero-order chi connectivity index (χ0) is 11.7. The van der Waals surface area contributed by atoms with Crippen molar-refractivity contribution in [1.29, 1.82) is 0 Å². The fraction of sp³-hybridized carbons (Fsp3) is 0.600. The molecule has 1 aromatic carbocycles. The first-order valence-electron chi connectivity index (χ1n) is 6.84. The summed E-state index contributed by atoms with van der Waals surface area (Å²) in [6.45, 7) is 3.57. The molecule has 1 aliphatic carbocycles. The van der Waals surface area contributed by atoms with Crippen molar-refractivity contribution < 1.29 is 0 Å². The number of likely N-dealkylation sites (tertiary alicyclic amines) is 1. The topological polar surface area (TPSA) is 29.3 Å². The van der Waals surface area contributed by atoms with Gasteiger partial charge in [-0.1, -0.05) is 30.3 Å². The van der Waals surface area contributed by atoms with Crippen LogP contribution in [0.5, 0.6) is 0 Å². The minimum Gasteiger partial charge on any atom is -0.327 e. The third-order valence-electron chi connectivity index (χ3n) is 4.04. The van der Waals surface area contributed by atoms with E-state index in [1.165, 1.54) is 31.5 Å². The number of benzene rings is 1. The van der Waals surface area contributed by atoms with E-state index in [4.69, 9.17) is 5.73 Å². The summed E-state index contributed by atoms with van der Waals surface area (Å²) in [5.41, 5.74) is 7.67. The summed E-state index contributed by atoms with van der Waals surface area (Å²) in [6, 6.07) is 11.2. The van der Waals surface area contributed by atoms with Gasteiger partial charge in [-0.2, -0.15) is 0 Å². The molecule has 2 aliphatic rings.